The molecule has 1 heterocycles. The number of hydrogen-bond acceptors (Lipinski definition) is 5. The van der Waals surface area contributed by atoms with Gasteiger partial charge in [-0.05, 0) is 30.0 Å². The van der Waals surface area contributed by atoms with Crippen molar-refractivity contribution in [2.75, 3.05) is 6.61 Å². The number of alkyl halides is 4. The monoisotopic (exact) mass is 447 g/mol. The largest absolute Gasteiger partial charge is 0.481 e. The number of carbonyl (C=O) groups excluding carboxylic acids is 1. The first-order valence-electron chi connectivity index (χ1n) is 9.63. The third-order valence-corrected chi connectivity index (χ3v) is 5.21. The average Bonchev–Trinajstić information content (AvgIpc) is 2.69. The van der Waals surface area contributed by atoms with Gasteiger partial charge in [-0.3, -0.25) is 9.59 Å². The highest BCUT2D eigenvalue weighted by atomic mass is 19.3. The molecule has 2 aliphatic rings. The Morgan fingerprint density at radius 3 is 2.48 bits per heavy atom. The third-order valence-electron chi connectivity index (χ3n) is 5.21. The van der Waals surface area contributed by atoms with Gasteiger partial charge < -0.3 is 24.6 Å². The van der Waals surface area contributed by atoms with Crippen LogP contribution in [0.4, 0.5) is 17.6 Å². The van der Waals surface area contributed by atoms with E-state index in [0.717, 1.165) is 18.9 Å². The van der Waals surface area contributed by atoms with Crippen molar-refractivity contribution in [2.24, 2.45) is 5.92 Å². The van der Waals surface area contributed by atoms with Crippen LogP contribution in [-0.4, -0.2) is 42.9 Å². The van der Waals surface area contributed by atoms with Crippen LogP contribution in [0.25, 0.3) is 5.57 Å². The number of fused-ring (bicyclic) bond motifs is 1. The maximum atomic E-state index is 12.8. The van der Waals surface area contributed by atoms with Crippen LogP contribution in [0.5, 0.6) is 11.5 Å². The molecule has 2 atom stereocenters. The number of hydrogen-bond donors (Lipinski definition) is 2. The van der Waals surface area contributed by atoms with E-state index in [-0.39, 0.29) is 18.8 Å². The summed E-state index contributed by atoms with van der Waals surface area (Å²) >= 11 is 0. The Kier molecular flexibility index (Phi) is 7.37. The number of ether oxygens (including phenoxy) is 3. The van der Waals surface area contributed by atoms with Crippen molar-refractivity contribution in [3.63, 3.8) is 0 Å². The van der Waals surface area contributed by atoms with Crippen LogP contribution in [0.1, 0.15) is 36.8 Å². The Labute approximate surface area is 175 Å². The number of amides is 1. The third kappa shape index (κ3) is 5.66. The maximum absolute atomic E-state index is 12.8. The van der Waals surface area contributed by atoms with E-state index in [1.807, 2.05) is 0 Å². The lowest BCUT2D eigenvalue weighted by Crippen LogP contribution is -2.44. The lowest BCUT2D eigenvalue weighted by Gasteiger charge is -2.29. The highest BCUT2D eigenvalue weighted by Gasteiger charge is 2.32. The van der Waals surface area contributed by atoms with Gasteiger partial charge in [-0.1, -0.05) is 18.9 Å². The predicted octanol–water partition coefficient (Wildman–Crippen LogP) is 3.56. The fourth-order valence-corrected chi connectivity index (χ4v) is 3.90. The van der Waals surface area contributed by atoms with E-state index >= 15 is 0 Å². The minimum atomic E-state index is -3.29. The molecular formula is C20H21F4NO6. The van der Waals surface area contributed by atoms with Crippen LogP contribution in [0, 0.1) is 5.92 Å². The summed E-state index contributed by atoms with van der Waals surface area (Å²) in [5, 5.41) is 12.0. The van der Waals surface area contributed by atoms with E-state index in [0.29, 0.717) is 24.0 Å². The molecule has 3 rings (SSSR count). The van der Waals surface area contributed by atoms with E-state index < -0.39 is 48.6 Å². The fourth-order valence-electron chi connectivity index (χ4n) is 3.90. The molecule has 7 nitrogen and oxygen atoms in total. The molecular weight excluding hydrogens is 426 g/mol. The molecule has 2 unspecified atom stereocenters. The highest BCUT2D eigenvalue weighted by molar-refractivity contribution is 5.96. The van der Waals surface area contributed by atoms with Crippen LogP contribution in [0.15, 0.2) is 18.2 Å². The van der Waals surface area contributed by atoms with Gasteiger partial charge in [0.15, 0.2) is 11.5 Å². The van der Waals surface area contributed by atoms with Gasteiger partial charge in [0.1, 0.15) is 0 Å². The summed E-state index contributed by atoms with van der Waals surface area (Å²) in [6.45, 7) is -6.78. The van der Waals surface area contributed by atoms with Crippen molar-refractivity contribution in [1.82, 2.24) is 5.32 Å². The van der Waals surface area contributed by atoms with Gasteiger partial charge in [-0.25, -0.2) is 0 Å². The first kappa shape index (κ1) is 22.9. The Hall–Kier alpha value is -2.82. The van der Waals surface area contributed by atoms with Gasteiger partial charge in [-0.2, -0.15) is 17.6 Å². The first-order chi connectivity index (χ1) is 14.8. The summed E-state index contributed by atoms with van der Waals surface area (Å²) in [5.41, 5.74) is 0.672. The number of carbonyl (C=O) groups is 2. The van der Waals surface area contributed by atoms with Gasteiger partial charge in [-0.15, -0.1) is 0 Å². The summed E-state index contributed by atoms with van der Waals surface area (Å²) in [6, 6.07) is 1.88. The van der Waals surface area contributed by atoms with E-state index in [1.165, 1.54) is 12.1 Å². The molecule has 1 aliphatic heterocycles. The zero-order valence-electron chi connectivity index (χ0n) is 16.3. The van der Waals surface area contributed by atoms with Gasteiger partial charge >= 0.3 is 19.2 Å². The molecule has 0 aromatic heterocycles. The molecule has 2 N–H and O–H groups in total. The number of aliphatic carboxylic acids is 1. The standard InChI is InChI=1S/C20H21F4NO6/c21-19(22)30-15-6-5-11-10(8-29-9-13(11)17(15)31-20(23)24)7-16(26)25-14-4-2-1-3-12(14)18(27)28/h5-7,12,14,19-20H,1-4,8-9H2,(H,25,26)(H,27,28)/b10-7+. The van der Waals surface area contributed by atoms with Gasteiger partial charge in [0.05, 0.1) is 19.1 Å². The molecule has 1 aliphatic carbocycles. The molecule has 0 bridgehead atoms. The zero-order chi connectivity index (χ0) is 22.5. The number of carboxylic acid groups (broad SMARTS) is 1. The Morgan fingerprint density at radius 1 is 1.10 bits per heavy atom. The van der Waals surface area contributed by atoms with Crippen LogP contribution in [0.3, 0.4) is 0 Å². The van der Waals surface area contributed by atoms with Crippen molar-refractivity contribution in [2.45, 2.75) is 51.6 Å². The number of halogens is 4. The van der Waals surface area contributed by atoms with E-state index in [2.05, 4.69) is 14.8 Å². The molecule has 31 heavy (non-hydrogen) atoms. The minimum absolute atomic E-state index is 0.0311. The van der Waals surface area contributed by atoms with Gasteiger partial charge in [0, 0.05) is 17.7 Å². The van der Waals surface area contributed by atoms with Crippen molar-refractivity contribution in [3.05, 3.63) is 29.3 Å². The summed E-state index contributed by atoms with van der Waals surface area (Å²) in [6.07, 6.45) is 3.73. The quantitative estimate of drug-likeness (QED) is 0.491. The van der Waals surface area contributed by atoms with Crippen molar-refractivity contribution in [3.8, 4) is 11.5 Å². The molecule has 1 fully saturated rings. The highest BCUT2D eigenvalue weighted by Crippen LogP contribution is 2.41. The van der Waals surface area contributed by atoms with Crippen molar-refractivity contribution < 1.29 is 46.5 Å². The number of rotatable bonds is 7. The number of nitrogens with one attached hydrogen (secondary N) is 1. The minimum Gasteiger partial charge on any atom is -0.481 e. The van der Waals surface area contributed by atoms with E-state index in [4.69, 9.17) is 4.74 Å². The van der Waals surface area contributed by atoms with E-state index in [9.17, 15) is 32.3 Å². The average molecular weight is 447 g/mol. The van der Waals surface area contributed by atoms with Crippen LogP contribution in [-0.2, 0) is 20.9 Å². The molecule has 1 aromatic rings. The fraction of sp³-hybridized carbons (Fsp3) is 0.500. The summed E-state index contributed by atoms with van der Waals surface area (Å²) in [5.74, 6) is -3.39. The second-order valence-corrected chi connectivity index (χ2v) is 7.18. The Bertz CT molecular complexity index is 860. The van der Waals surface area contributed by atoms with Crippen LogP contribution in [0.2, 0.25) is 0 Å². The SMILES string of the molecule is O=C(/C=C1\COCc2c1ccc(OC(F)F)c2OC(F)F)NC1CCCCC1C(=O)O. The van der Waals surface area contributed by atoms with E-state index in [1.54, 1.807) is 0 Å². The Morgan fingerprint density at radius 2 is 1.81 bits per heavy atom. The molecule has 0 radical (unpaired) electrons. The molecule has 1 aromatic carbocycles. The number of benzene rings is 1. The lowest BCUT2D eigenvalue weighted by atomic mass is 9.84. The molecule has 1 saturated carbocycles. The number of carboxylic acids is 1. The summed E-state index contributed by atoms with van der Waals surface area (Å²) in [7, 11) is 0. The summed E-state index contributed by atoms with van der Waals surface area (Å²) in [4.78, 5) is 23.9. The predicted molar refractivity (Wildman–Crippen MR) is 98.9 cm³/mol. The molecule has 1 amide bonds. The maximum Gasteiger partial charge on any atom is 0.387 e. The topological polar surface area (TPSA) is 94.1 Å². The second kappa shape index (κ2) is 9.99. The normalized spacial score (nSPS) is 22.3. The summed E-state index contributed by atoms with van der Waals surface area (Å²) < 4.78 is 64.9. The van der Waals surface area contributed by atoms with Gasteiger partial charge in [0.25, 0.3) is 0 Å². The van der Waals surface area contributed by atoms with Crippen LogP contribution < -0.4 is 14.8 Å². The van der Waals surface area contributed by atoms with Crippen molar-refractivity contribution >= 4 is 17.4 Å². The zero-order valence-corrected chi connectivity index (χ0v) is 16.3. The Balaban J connectivity index is 1.87. The van der Waals surface area contributed by atoms with Gasteiger partial charge in [0.2, 0.25) is 5.91 Å². The molecule has 0 spiro atoms. The molecule has 170 valence electrons. The molecule has 0 saturated heterocycles. The first-order valence-corrected chi connectivity index (χ1v) is 9.63. The molecule has 11 heteroatoms. The van der Waals surface area contributed by atoms with Crippen LogP contribution >= 0.6 is 0 Å². The van der Waals surface area contributed by atoms with Crippen molar-refractivity contribution in [1.29, 1.82) is 0 Å². The lowest BCUT2D eigenvalue weighted by molar-refractivity contribution is -0.144. The second-order valence-electron chi connectivity index (χ2n) is 7.18. The smallest absolute Gasteiger partial charge is 0.387 e.